The normalized spacial score (nSPS) is 14.6. The largest absolute Gasteiger partial charge is 0.495 e. The second-order valence-electron chi connectivity index (χ2n) is 7.18. The zero-order valence-corrected chi connectivity index (χ0v) is 18.9. The van der Waals surface area contributed by atoms with Crippen molar-refractivity contribution in [2.45, 2.75) is 15.5 Å². The lowest BCUT2D eigenvalue weighted by atomic mass is 10.1. The van der Waals surface area contributed by atoms with Gasteiger partial charge in [-0.25, -0.2) is 17.2 Å². The molecule has 6 nitrogen and oxygen atoms in total. The fraction of sp³-hybridized carbons (Fsp3) is 0.0870. The Hall–Kier alpha value is -3.37. The van der Waals surface area contributed by atoms with Gasteiger partial charge in [-0.2, -0.15) is 0 Å². The van der Waals surface area contributed by atoms with Crippen molar-refractivity contribution >= 4 is 45.0 Å². The number of nitrogens with two attached hydrogens (primary N) is 1. The van der Waals surface area contributed by atoms with Crippen molar-refractivity contribution in [3.63, 3.8) is 0 Å². The van der Waals surface area contributed by atoms with Gasteiger partial charge >= 0.3 is 0 Å². The average Bonchev–Trinajstić information content (AvgIpc) is 2.77. The highest BCUT2D eigenvalue weighted by Crippen LogP contribution is 2.40. The van der Waals surface area contributed by atoms with E-state index >= 15 is 0 Å². The van der Waals surface area contributed by atoms with Crippen LogP contribution >= 0.6 is 11.8 Å². The summed E-state index contributed by atoms with van der Waals surface area (Å²) in [7, 11) is -2.56. The lowest BCUT2D eigenvalue weighted by Gasteiger charge is -2.19. The molecule has 0 radical (unpaired) electrons. The smallest absolute Gasteiger partial charge is 0.262 e. The van der Waals surface area contributed by atoms with Crippen LogP contribution in [0.1, 0.15) is 11.1 Å². The SMILES string of the molecule is COc1ccc(C=C2Sc3ccc(S(=O)(=O)Cc4c(F)cccc4F)cc3NC2=O)cc1N. The number of sulfone groups is 1. The van der Waals surface area contributed by atoms with Crippen LogP contribution in [0.5, 0.6) is 5.75 Å². The topological polar surface area (TPSA) is 98.5 Å². The predicted molar refractivity (Wildman–Crippen MR) is 124 cm³/mol. The highest BCUT2D eigenvalue weighted by molar-refractivity contribution is 8.04. The van der Waals surface area contributed by atoms with E-state index in [1.165, 1.54) is 31.0 Å². The van der Waals surface area contributed by atoms with E-state index in [1.54, 1.807) is 30.3 Å². The average molecular weight is 489 g/mol. The van der Waals surface area contributed by atoms with E-state index in [-0.39, 0.29) is 4.90 Å². The maximum atomic E-state index is 13.9. The number of hydrogen-bond acceptors (Lipinski definition) is 6. The molecule has 0 fully saturated rings. The summed E-state index contributed by atoms with van der Waals surface area (Å²) in [5, 5.41) is 2.67. The minimum absolute atomic E-state index is 0.153. The quantitative estimate of drug-likeness (QED) is 0.402. The molecule has 0 saturated carbocycles. The summed E-state index contributed by atoms with van der Waals surface area (Å²) in [6.07, 6.45) is 1.66. The number of hydrogen-bond donors (Lipinski definition) is 2. The van der Waals surface area contributed by atoms with E-state index in [9.17, 15) is 22.0 Å². The highest BCUT2D eigenvalue weighted by Gasteiger charge is 2.25. The van der Waals surface area contributed by atoms with E-state index in [2.05, 4.69) is 5.32 Å². The van der Waals surface area contributed by atoms with E-state index in [4.69, 9.17) is 10.5 Å². The molecule has 3 aromatic carbocycles. The number of carbonyl (C=O) groups is 1. The van der Waals surface area contributed by atoms with Crippen molar-refractivity contribution < 1.29 is 26.7 Å². The second-order valence-corrected chi connectivity index (χ2v) is 10.3. The summed E-state index contributed by atoms with van der Waals surface area (Å²) in [4.78, 5) is 13.5. The molecule has 170 valence electrons. The van der Waals surface area contributed by atoms with Crippen LogP contribution < -0.4 is 15.8 Å². The summed E-state index contributed by atoms with van der Waals surface area (Å²) >= 11 is 1.17. The molecule has 0 saturated heterocycles. The van der Waals surface area contributed by atoms with Gasteiger partial charge < -0.3 is 15.8 Å². The summed E-state index contributed by atoms with van der Waals surface area (Å²) in [5.41, 5.74) is 6.80. The van der Waals surface area contributed by atoms with Crippen molar-refractivity contribution in [1.82, 2.24) is 0 Å². The van der Waals surface area contributed by atoms with Crippen LogP contribution in [0, 0.1) is 11.6 Å². The Balaban J connectivity index is 1.61. The first-order valence-electron chi connectivity index (χ1n) is 9.62. The van der Waals surface area contributed by atoms with Gasteiger partial charge in [0, 0.05) is 10.5 Å². The third kappa shape index (κ3) is 4.71. The standard InChI is InChI=1S/C23H18F2N2O4S2/c1-31-20-7-5-13(9-18(20)26)10-22-23(28)27-19-11-14(6-8-21(19)32-22)33(29,30)12-15-16(24)3-2-4-17(15)25/h2-11H,12,26H2,1H3,(H,27,28). The molecule has 1 amide bonds. The summed E-state index contributed by atoms with van der Waals surface area (Å²) < 4.78 is 58.5. The van der Waals surface area contributed by atoms with Gasteiger partial charge in [-0.05, 0) is 54.1 Å². The van der Waals surface area contributed by atoms with Crippen LogP contribution in [0.25, 0.3) is 6.08 Å². The van der Waals surface area contributed by atoms with Crippen LogP contribution in [-0.4, -0.2) is 21.4 Å². The fourth-order valence-electron chi connectivity index (χ4n) is 3.27. The fourth-order valence-corrected chi connectivity index (χ4v) is 5.60. The Morgan fingerprint density at radius 2 is 1.82 bits per heavy atom. The van der Waals surface area contributed by atoms with Gasteiger partial charge in [0.05, 0.1) is 34.0 Å². The van der Waals surface area contributed by atoms with E-state index in [0.717, 1.165) is 18.2 Å². The number of carbonyl (C=O) groups excluding carboxylic acids is 1. The zero-order valence-electron chi connectivity index (χ0n) is 17.3. The molecule has 0 bridgehead atoms. The highest BCUT2D eigenvalue weighted by atomic mass is 32.2. The number of methoxy groups -OCH3 is 1. The number of halogens is 2. The van der Waals surface area contributed by atoms with E-state index in [0.29, 0.717) is 32.5 Å². The Morgan fingerprint density at radius 1 is 1.09 bits per heavy atom. The zero-order chi connectivity index (χ0) is 23.8. The number of ether oxygens (including phenoxy) is 1. The monoisotopic (exact) mass is 488 g/mol. The molecule has 0 aliphatic carbocycles. The molecule has 0 aromatic heterocycles. The maximum absolute atomic E-state index is 13.9. The molecule has 3 N–H and O–H groups in total. The lowest BCUT2D eigenvalue weighted by molar-refractivity contribution is -0.112. The number of nitrogens with one attached hydrogen (secondary N) is 1. The molecule has 0 spiro atoms. The maximum Gasteiger partial charge on any atom is 0.262 e. The van der Waals surface area contributed by atoms with Crippen molar-refractivity contribution in [3.05, 3.63) is 82.3 Å². The predicted octanol–water partition coefficient (Wildman–Crippen LogP) is 4.61. The molecular formula is C23H18F2N2O4S2. The van der Waals surface area contributed by atoms with Gasteiger partial charge in [-0.15, -0.1) is 0 Å². The molecule has 0 atom stereocenters. The van der Waals surface area contributed by atoms with Gasteiger partial charge in [0.15, 0.2) is 9.84 Å². The van der Waals surface area contributed by atoms with Gasteiger partial charge in [-0.3, -0.25) is 4.79 Å². The number of rotatable bonds is 5. The van der Waals surface area contributed by atoms with Crippen LogP contribution in [0.2, 0.25) is 0 Å². The first kappa shape index (κ1) is 22.8. The van der Waals surface area contributed by atoms with Crippen molar-refractivity contribution in [1.29, 1.82) is 0 Å². The van der Waals surface area contributed by atoms with Gasteiger partial charge in [0.1, 0.15) is 17.4 Å². The minimum Gasteiger partial charge on any atom is -0.495 e. The number of anilines is 2. The number of fused-ring (bicyclic) bond motifs is 1. The lowest BCUT2D eigenvalue weighted by Crippen LogP contribution is -2.18. The molecule has 1 aliphatic heterocycles. The number of amides is 1. The van der Waals surface area contributed by atoms with Gasteiger partial charge in [-0.1, -0.05) is 23.9 Å². The van der Waals surface area contributed by atoms with Crippen LogP contribution in [0.15, 0.2) is 69.3 Å². The number of nitrogen functional groups attached to an aromatic ring is 1. The summed E-state index contributed by atoms with van der Waals surface area (Å²) in [5.74, 6) is -2.61. The van der Waals surface area contributed by atoms with E-state index < -0.39 is 38.7 Å². The Labute approximate surface area is 193 Å². The van der Waals surface area contributed by atoms with E-state index in [1.807, 2.05) is 0 Å². The summed E-state index contributed by atoms with van der Waals surface area (Å²) in [6.45, 7) is 0. The Morgan fingerprint density at radius 3 is 2.48 bits per heavy atom. The third-order valence-corrected chi connectivity index (χ3v) is 7.69. The van der Waals surface area contributed by atoms with Crippen molar-refractivity contribution in [2.24, 2.45) is 0 Å². The molecule has 3 aromatic rings. The molecular weight excluding hydrogens is 470 g/mol. The molecule has 0 unspecified atom stereocenters. The van der Waals surface area contributed by atoms with Gasteiger partial charge in [0.25, 0.3) is 5.91 Å². The third-order valence-electron chi connectivity index (χ3n) is 4.95. The first-order chi connectivity index (χ1) is 15.7. The Bertz CT molecular complexity index is 1390. The van der Waals surface area contributed by atoms with Crippen molar-refractivity contribution in [2.75, 3.05) is 18.2 Å². The number of benzene rings is 3. The molecule has 1 aliphatic rings. The van der Waals surface area contributed by atoms with Gasteiger partial charge in [0.2, 0.25) is 0 Å². The molecule has 33 heavy (non-hydrogen) atoms. The second kappa shape index (κ2) is 8.87. The first-order valence-corrected chi connectivity index (χ1v) is 12.1. The van der Waals surface area contributed by atoms with Crippen LogP contribution in [0.4, 0.5) is 20.2 Å². The molecule has 10 heteroatoms. The van der Waals surface area contributed by atoms with Crippen LogP contribution in [-0.2, 0) is 20.4 Å². The Kier molecular flexibility index (Phi) is 6.13. The molecule has 1 heterocycles. The summed E-state index contributed by atoms with van der Waals surface area (Å²) in [6, 6.07) is 12.5. The van der Waals surface area contributed by atoms with Crippen LogP contribution in [0.3, 0.4) is 0 Å². The number of thioether (sulfide) groups is 1. The minimum atomic E-state index is -4.06. The molecule has 4 rings (SSSR count). The van der Waals surface area contributed by atoms with Crippen molar-refractivity contribution in [3.8, 4) is 5.75 Å².